The molecule has 6 heteroatoms. The summed E-state index contributed by atoms with van der Waals surface area (Å²) in [5.74, 6) is -1.06. The maximum Gasteiger partial charge on any atom is 0.165 e. The van der Waals surface area contributed by atoms with Gasteiger partial charge >= 0.3 is 0 Å². The fourth-order valence-electron chi connectivity index (χ4n) is 5.04. The number of rotatable bonds is 8. The number of halogens is 2. The second-order valence-electron chi connectivity index (χ2n) is 8.28. The Kier molecular flexibility index (Phi) is 6.24. The SMILES string of the molecule is OCCOc1ccc(C2(c3ccc(OCCO)c(F)c3)c3ccccc3-c3ccccc32)cc1F. The van der Waals surface area contributed by atoms with Crippen molar-refractivity contribution in [2.45, 2.75) is 5.41 Å². The zero-order valence-corrected chi connectivity index (χ0v) is 18.9. The van der Waals surface area contributed by atoms with Gasteiger partial charge in [0.15, 0.2) is 23.1 Å². The molecular formula is C29H24F2O4. The van der Waals surface area contributed by atoms with Gasteiger partial charge in [-0.05, 0) is 57.6 Å². The Balaban J connectivity index is 1.78. The van der Waals surface area contributed by atoms with Crippen LogP contribution in [-0.2, 0) is 5.41 Å². The van der Waals surface area contributed by atoms with Gasteiger partial charge in [-0.1, -0.05) is 60.7 Å². The van der Waals surface area contributed by atoms with E-state index in [1.807, 2.05) is 48.5 Å². The lowest BCUT2D eigenvalue weighted by Crippen LogP contribution is -2.29. The monoisotopic (exact) mass is 474 g/mol. The average molecular weight is 475 g/mol. The summed E-state index contributed by atoms with van der Waals surface area (Å²) >= 11 is 0. The summed E-state index contributed by atoms with van der Waals surface area (Å²) in [6, 6.07) is 25.2. The molecule has 0 heterocycles. The summed E-state index contributed by atoms with van der Waals surface area (Å²) in [6.07, 6.45) is 0. The molecule has 0 fully saturated rings. The smallest absolute Gasteiger partial charge is 0.165 e. The van der Waals surface area contributed by atoms with Gasteiger partial charge in [0, 0.05) is 0 Å². The quantitative estimate of drug-likeness (QED) is 0.330. The van der Waals surface area contributed by atoms with Gasteiger partial charge in [-0.25, -0.2) is 8.78 Å². The molecule has 0 aromatic heterocycles. The Morgan fingerprint density at radius 2 is 1.03 bits per heavy atom. The third-order valence-corrected chi connectivity index (χ3v) is 6.38. The number of benzene rings is 4. The maximum absolute atomic E-state index is 15.2. The molecule has 0 saturated carbocycles. The van der Waals surface area contributed by atoms with Crippen molar-refractivity contribution in [3.63, 3.8) is 0 Å². The third-order valence-electron chi connectivity index (χ3n) is 6.38. The molecule has 0 amide bonds. The largest absolute Gasteiger partial charge is 0.488 e. The van der Waals surface area contributed by atoms with Crippen LogP contribution < -0.4 is 9.47 Å². The highest BCUT2D eigenvalue weighted by Gasteiger charge is 2.46. The zero-order chi connectivity index (χ0) is 24.4. The average Bonchev–Trinajstić information content (AvgIpc) is 3.18. The van der Waals surface area contributed by atoms with Gasteiger partial charge in [0.05, 0.1) is 18.6 Å². The third kappa shape index (κ3) is 3.75. The van der Waals surface area contributed by atoms with E-state index < -0.39 is 17.0 Å². The molecule has 1 aliphatic rings. The Labute approximate surface area is 202 Å². The fourth-order valence-corrected chi connectivity index (χ4v) is 5.04. The Hall–Kier alpha value is -3.74. The number of aliphatic hydroxyl groups is 2. The van der Waals surface area contributed by atoms with Crippen molar-refractivity contribution < 1.29 is 28.5 Å². The second kappa shape index (κ2) is 9.49. The maximum atomic E-state index is 15.2. The van der Waals surface area contributed by atoms with Gasteiger partial charge in [-0.15, -0.1) is 0 Å². The predicted molar refractivity (Wildman–Crippen MR) is 129 cm³/mol. The highest BCUT2D eigenvalue weighted by molar-refractivity contribution is 5.86. The molecule has 0 unspecified atom stereocenters. The summed E-state index contributed by atoms with van der Waals surface area (Å²) in [4.78, 5) is 0. The number of hydrogen-bond acceptors (Lipinski definition) is 4. The lowest BCUT2D eigenvalue weighted by molar-refractivity contribution is 0.196. The van der Waals surface area contributed by atoms with E-state index in [1.54, 1.807) is 24.3 Å². The standard InChI is InChI=1S/C29H24F2O4/c30-25-17-19(9-11-27(25)34-15-13-32)29(20-10-12-28(26(31)18-20)35-16-14-33)23-7-3-1-5-21(23)22-6-2-4-8-24(22)29/h1-12,17-18,32-33H,13-16H2. The van der Waals surface area contributed by atoms with Crippen molar-refractivity contribution >= 4 is 0 Å². The van der Waals surface area contributed by atoms with E-state index in [-0.39, 0.29) is 37.9 Å². The molecule has 1 aliphatic carbocycles. The summed E-state index contributed by atoms with van der Waals surface area (Å²) in [5.41, 5.74) is 4.05. The second-order valence-corrected chi connectivity index (χ2v) is 8.28. The normalized spacial score (nSPS) is 13.3. The van der Waals surface area contributed by atoms with E-state index in [2.05, 4.69) is 0 Å². The van der Waals surface area contributed by atoms with Crippen LogP contribution in [0.2, 0.25) is 0 Å². The molecule has 0 aliphatic heterocycles. The van der Waals surface area contributed by atoms with Crippen molar-refractivity contribution in [3.05, 3.63) is 119 Å². The van der Waals surface area contributed by atoms with E-state index in [9.17, 15) is 0 Å². The molecule has 0 spiro atoms. The first-order chi connectivity index (χ1) is 17.1. The van der Waals surface area contributed by atoms with Gasteiger partial charge < -0.3 is 19.7 Å². The molecule has 5 rings (SSSR count). The van der Waals surface area contributed by atoms with Gasteiger partial charge in [-0.2, -0.15) is 0 Å². The molecule has 0 radical (unpaired) electrons. The molecule has 35 heavy (non-hydrogen) atoms. The van der Waals surface area contributed by atoms with E-state index in [1.165, 1.54) is 12.1 Å². The molecule has 4 aromatic rings. The Morgan fingerprint density at radius 1 is 0.600 bits per heavy atom. The van der Waals surface area contributed by atoms with Gasteiger partial charge in [0.25, 0.3) is 0 Å². The number of fused-ring (bicyclic) bond motifs is 3. The lowest BCUT2D eigenvalue weighted by Gasteiger charge is -2.34. The molecule has 4 nitrogen and oxygen atoms in total. The van der Waals surface area contributed by atoms with Crippen molar-refractivity contribution in [1.82, 2.24) is 0 Å². The first kappa shape index (κ1) is 23.0. The molecular weight excluding hydrogens is 450 g/mol. The first-order valence-corrected chi connectivity index (χ1v) is 11.4. The predicted octanol–water partition coefficient (Wildman–Crippen LogP) is 5.07. The Morgan fingerprint density at radius 3 is 1.43 bits per heavy atom. The summed E-state index contributed by atoms with van der Waals surface area (Å²) in [6.45, 7) is -0.493. The number of ether oxygens (including phenoxy) is 2. The summed E-state index contributed by atoms with van der Waals surface area (Å²) in [7, 11) is 0. The van der Waals surface area contributed by atoms with Crippen LogP contribution in [0.3, 0.4) is 0 Å². The van der Waals surface area contributed by atoms with Crippen molar-refractivity contribution in [1.29, 1.82) is 0 Å². The van der Waals surface area contributed by atoms with Crippen LogP contribution in [0.15, 0.2) is 84.9 Å². The van der Waals surface area contributed by atoms with Crippen LogP contribution in [0.4, 0.5) is 8.78 Å². The van der Waals surface area contributed by atoms with Crippen molar-refractivity contribution in [3.8, 4) is 22.6 Å². The molecule has 4 aromatic carbocycles. The van der Waals surface area contributed by atoms with E-state index in [4.69, 9.17) is 19.7 Å². The highest BCUT2D eigenvalue weighted by atomic mass is 19.1. The number of aliphatic hydroxyl groups excluding tert-OH is 2. The van der Waals surface area contributed by atoms with Crippen LogP contribution in [0, 0.1) is 11.6 Å². The van der Waals surface area contributed by atoms with Crippen LogP contribution in [0.25, 0.3) is 11.1 Å². The summed E-state index contributed by atoms with van der Waals surface area (Å²) in [5, 5.41) is 18.1. The molecule has 0 saturated heterocycles. The fraction of sp³-hybridized carbons (Fsp3) is 0.172. The summed E-state index contributed by atoms with van der Waals surface area (Å²) < 4.78 is 41.1. The number of hydrogen-bond donors (Lipinski definition) is 2. The molecule has 0 atom stereocenters. The zero-order valence-electron chi connectivity index (χ0n) is 18.9. The van der Waals surface area contributed by atoms with Gasteiger partial charge in [-0.3, -0.25) is 0 Å². The van der Waals surface area contributed by atoms with Crippen LogP contribution >= 0.6 is 0 Å². The molecule has 0 bridgehead atoms. The lowest BCUT2D eigenvalue weighted by atomic mass is 9.67. The minimum Gasteiger partial charge on any atom is -0.488 e. The molecule has 2 N–H and O–H groups in total. The first-order valence-electron chi connectivity index (χ1n) is 11.4. The Bertz CT molecular complexity index is 1260. The van der Waals surface area contributed by atoms with E-state index in [0.717, 1.165) is 22.3 Å². The minimum absolute atomic E-state index is 0.0202. The van der Waals surface area contributed by atoms with Crippen LogP contribution in [0.1, 0.15) is 22.3 Å². The van der Waals surface area contributed by atoms with E-state index >= 15 is 8.78 Å². The minimum atomic E-state index is -0.986. The van der Waals surface area contributed by atoms with Crippen molar-refractivity contribution in [2.24, 2.45) is 0 Å². The van der Waals surface area contributed by atoms with Gasteiger partial charge in [0.2, 0.25) is 0 Å². The van der Waals surface area contributed by atoms with Crippen LogP contribution in [-0.4, -0.2) is 36.6 Å². The van der Waals surface area contributed by atoms with Crippen molar-refractivity contribution in [2.75, 3.05) is 26.4 Å². The van der Waals surface area contributed by atoms with E-state index in [0.29, 0.717) is 11.1 Å². The highest BCUT2D eigenvalue weighted by Crippen LogP contribution is 2.56. The van der Waals surface area contributed by atoms with Crippen LogP contribution in [0.5, 0.6) is 11.5 Å². The van der Waals surface area contributed by atoms with Gasteiger partial charge in [0.1, 0.15) is 13.2 Å². The topological polar surface area (TPSA) is 58.9 Å². The molecule has 178 valence electrons.